The Labute approximate surface area is 184 Å². The highest BCUT2D eigenvalue weighted by Crippen LogP contribution is 2.36. The number of ether oxygens (including phenoxy) is 1. The van der Waals surface area contributed by atoms with Crippen LogP contribution < -0.4 is 10.1 Å². The molecule has 0 amide bonds. The minimum absolute atomic E-state index is 0.0923. The van der Waals surface area contributed by atoms with Gasteiger partial charge >= 0.3 is 6.18 Å². The van der Waals surface area contributed by atoms with Crippen LogP contribution in [0.3, 0.4) is 0 Å². The fourth-order valence-corrected chi connectivity index (χ4v) is 3.50. The van der Waals surface area contributed by atoms with Crippen LogP contribution in [0.4, 0.5) is 19.1 Å². The molecule has 32 heavy (non-hydrogen) atoms. The van der Waals surface area contributed by atoms with Crippen molar-refractivity contribution in [3.8, 4) is 17.1 Å². The third-order valence-corrected chi connectivity index (χ3v) is 5.37. The number of likely N-dealkylation sites (tertiary alicyclic amines) is 1. The number of alkyl halides is 3. The monoisotopic (exact) mass is 443 g/mol. The smallest absolute Gasteiger partial charge is 0.423 e. The molecule has 1 saturated heterocycles. The summed E-state index contributed by atoms with van der Waals surface area (Å²) in [5.74, 6) is -0.329. The zero-order chi connectivity index (χ0) is 22.6. The minimum atomic E-state index is -4.58. The van der Waals surface area contributed by atoms with Gasteiger partial charge in [0.1, 0.15) is 11.7 Å². The lowest BCUT2D eigenvalue weighted by Crippen LogP contribution is -2.36. The third kappa shape index (κ3) is 5.53. The first-order chi connectivity index (χ1) is 15.4. The molecule has 0 atom stereocenters. The number of rotatable bonds is 6. The van der Waals surface area contributed by atoms with E-state index in [0.717, 1.165) is 36.1 Å². The van der Waals surface area contributed by atoms with Gasteiger partial charge in [0.15, 0.2) is 0 Å². The van der Waals surface area contributed by atoms with Crippen LogP contribution in [0, 0.1) is 0 Å². The molecule has 0 bridgehead atoms. The van der Waals surface area contributed by atoms with Crippen molar-refractivity contribution in [3.63, 3.8) is 0 Å². The summed E-state index contributed by atoms with van der Waals surface area (Å²) in [4.78, 5) is 14.3. The van der Waals surface area contributed by atoms with Gasteiger partial charge < -0.3 is 15.0 Å². The van der Waals surface area contributed by atoms with Crippen LogP contribution in [0.2, 0.25) is 0 Å². The van der Waals surface area contributed by atoms with Crippen molar-refractivity contribution >= 4 is 5.95 Å². The van der Waals surface area contributed by atoms with Gasteiger partial charge in [-0.1, -0.05) is 30.3 Å². The Morgan fingerprint density at radius 3 is 2.47 bits per heavy atom. The van der Waals surface area contributed by atoms with Crippen LogP contribution in [0.15, 0.2) is 54.9 Å². The van der Waals surface area contributed by atoms with E-state index in [1.165, 1.54) is 0 Å². The number of hydrogen-bond acceptors (Lipinski definition) is 6. The number of piperidine rings is 1. The normalized spacial score (nSPS) is 15.5. The summed E-state index contributed by atoms with van der Waals surface area (Å²) >= 11 is 0. The summed E-state index contributed by atoms with van der Waals surface area (Å²) in [5.41, 5.74) is 1.83. The Balaban J connectivity index is 1.45. The zero-order valence-electron chi connectivity index (χ0n) is 17.6. The molecule has 3 aromatic rings. The van der Waals surface area contributed by atoms with Crippen molar-refractivity contribution in [2.24, 2.45) is 0 Å². The zero-order valence-corrected chi connectivity index (χ0v) is 17.6. The van der Waals surface area contributed by atoms with Crippen molar-refractivity contribution in [3.05, 3.63) is 66.0 Å². The number of halogens is 3. The van der Waals surface area contributed by atoms with Crippen molar-refractivity contribution < 1.29 is 17.9 Å². The Morgan fingerprint density at radius 1 is 1.06 bits per heavy atom. The van der Waals surface area contributed by atoms with E-state index in [2.05, 4.69) is 25.2 Å². The van der Waals surface area contributed by atoms with Crippen molar-refractivity contribution in [1.29, 1.82) is 0 Å². The number of nitrogens with zero attached hydrogens (tertiary/aromatic N) is 4. The summed E-state index contributed by atoms with van der Waals surface area (Å²) in [6.45, 7) is 1.91. The van der Waals surface area contributed by atoms with Crippen LogP contribution in [0.1, 0.15) is 24.0 Å². The van der Waals surface area contributed by atoms with Gasteiger partial charge in [-0.05, 0) is 37.6 Å². The van der Waals surface area contributed by atoms with Gasteiger partial charge in [0.25, 0.3) is 0 Å². The second-order valence-corrected chi connectivity index (χ2v) is 7.80. The van der Waals surface area contributed by atoms with Crippen molar-refractivity contribution in [2.45, 2.75) is 31.7 Å². The fraction of sp³-hybridized carbons (Fsp3) is 0.348. The first kappa shape index (κ1) is 22.0. The van der Waals surface area contributed by atoms with E-state index in [-0.39, 0.29) is 12.1 Å². The summed E-state index contributed by atoms with van der Waals surface area (Å²) in [5, 5.41) is 2.99. The van der Waals surface area contributed by atoms with Crippen LogP contribution in [-0.2, 0) is 12.7 Å². The summed E-state index contributed by atoms with van der Waals surface area (Å²) < 4.78 is 46.0. The van der Waals surface area contributed by atoms with Crippen molar-refractivity contribution in [1.82, 2.24) is 19.9 Å². The molecule has 0 radical (unpaired) electrons. The highest BCUT2D eigenvalue weighted by molar-refractivity contribution is 5.59. The van der Waals surface area contributed by atoms with Crippen LogP contribution in [0.5, 0.6) is 5.88 Å². The van der Waals surface area contributed by atoms with E-state index in [1.807, 2.05) is 49.5 Å². The third-order valence-electron chi connectivity index (χ3n) is 5.37. The summed E-state index contributed by atoms with van der Waals surface area (Å²) in [7, 11) is 1.98. The van der Waals surface area contributed by atoms with Crippen molar-refractivity contribution in [2.75, 3.05) is 25.5 Å². The average molecular weight is 443 g/mol. The average Bonchev–Trinajstić information content (AvgIpc) is 2.79. The molecular formula is C23H24F3N5O. The first-order valence-electron chi connectivity index (χ1n) is 10.4. The van der Waals surface area contributed by atoms with Crippen LogP contribution in [-0.4, -0.2) is 46.1 Å². The van der Waals surface area contributed by atoms with E-state index in [1.54, 1.807) is 6.20 Å². The Bertz CT molecular complexity index is 1020. The fourth-order valence-electron chi connectivity index (χ4n) is 3.50. The molecule has 3 heterocycles. The molecule has 1 N–H and O–H groups in total. The topological polar surface area (TPSA) is 63.2 Å². The second-order valence-electron chi connectivity index (χ2n) is 7.80. The van der Waals surface area contributed by atoms with Gasteiger partial charge in [-0.15, -0.1) is 0 Å². The maximum Gasteiger partial charge on any atom is 0.423 e. The molecule has 0 spiro atoms. The molecular weight excluding hydrogens is 419 g/mol. The quantitative estimate of drug-likeness (QED) is 0.599. The maximum atomic E-state index is 13.4. The molecule has 0 saturated carbocycles. The van der Waals surface area contributed by atoms with Crippen LogP contribution in [0.25, 0.3) is 11.3 Å². The molecule has 1 aromatic carbocycles. The Kier molecular flexibility index (Phi) is 6.55. The molecule has 0 aliphatic carbocycles. The molecule has 0 unspecified atom stereocenters. The number of aromatic nitrogens is 3. The van der Waals surface area contributed by atoms with E-state index in [0.29, 0.717) is 19.4 Å². The maximum absolute atomic E-state index is 13.4. The first-order valence-corrected chi connectivity index (χ1v) is 10.4. The van der Waals surface area contributed by atoms with Gasteiger partial charge in [0.05, 0.1) is 5.69 Å². The SMILES string of the molecule is CN1CCC(Oc2nc(NCc3ccc(-c4ccccn4)cc3)ncc2C(F)(F)F)CC1. The number of nitrogens with one attached hydrogen (secondary N) is 1. The largest absolute Gasteiger partial charge is 0.474 e. The standard InChI is InChI=1S/C23H24F3N5O/c1-31-12-9-18(10-13-31)32-21-19(23(24,25)26)15-29-22(30-21)28-14-16-5-7-17(8-6-16)20-4-2-3-11-27-20/h2-8,11,15,18H,9-10,12-14H2,1H3,(H,28,29,30). The number of anilines is 1. The van der Waals surface area contributed by atoms with E-state index >= 15 is 0 Å². The van der Waals surface area contributed by atoms with Gasteiger partial charge in [0.2, 0.25) is 11.8 Å². The summed E-state index contributed by atoms with van der Waals surface area (Å²) in [6, 6.07) is 13.5. The van der Waals surface area contributed by atoms with Gasteiger partial charge in [-0.25, -0.2) is 4.98 Å². The molecule has 4 rings (SSSR count). The van der Waals surface area contributed by atoms with E-state index in [4.69, 9.17) is 4.74 Å². The molecule has 2 aromatic heterocycles. The summed E-state index contributed by atoms with van der Waals surface area (Å²) in [6.07, 6.45) is -1.05. The highest BCUT2D eigenvalue weighted by atomic mass is 19.4. The molecule has 6 nitrogen and oxygen atoms in total. The highest BCUT2D eigenvalue weighted by Gasteiger charge is 2.37. The van der Waals surface area contributed by atoms with Crippen LogP contribution >= 0.6 is 0 Å². The Morgan fingerprint density at radius 2 is 1.81 bits per heavy atom. The lowest BCUT2D eigenvalue weighted by molar-refractivity contribution is -0.140. The number of benzene rings is 1. The number of pyridine rings is 1. The molecule has 1 fully saturated rings. The molecule has 1 aliphatic rings. The predicted molar refractivity (Wildman–Crippen MR) is 115 cm³/mol. The second kappa shape index (κ2) is 9.52. The minimum Gasteiger partial charge on any atom is -0.474 e. The molecule has 1 aliphatic heterocycles. The lowest BCUT2D eigenvalue weighted by Gasteiger charge is -2.29. The Hall–Kier alpha value is -3.20. The van der Waals surface area contributed by atoms with Gasteiger partial charge in [-0.3, -0.25) is 4.98 Å². The molecule has 168 valence electrons. The van der Waals surface area contributed by atoms with E-state index < -0.39 is 17.6 Å². The van der Waals surface area contributed by atoms with E-state index in [9.17, 15) is 13.2 Å². The van der Waals surface area contributed by atoms with Gasteiger partial charge in [0, 0.05) is 37.6 Å². The molecule has 9 heteroatoms. The van der Waals surface area contributed by atoms with Gasteiger partial charge in [-0.2, -0.15) is 18.2 Å². The predicted octanol–water partition coefficient (Wildman–Crippen LogP) is 4.64. The number of hydrogen-bond donors (Lipinski definition) is 1. The lowest BCUT2D eigenvalue weighted by atomic mass is 10.1.